The number of rotatable bonds is 3. The van der Waals surface area contributed by atoms with Crippen molar-refractivity contribution in [2.45, 2.75) is 32.8 Å². The summed E-state index contributed by atoms with van der Waals surface area (Å²) in [5.41, 5.74) is 1.86. The molecule has 0 saturated carbocycles. The van der Waals surface area contributed by atoms with Crippen LogP contribution in [-0.2, 0) is 6.42 Å². The minimum Gasteiger partial charge on any atom is -0.493 e. The van der Waals surface area contributed by atoms with Crippen LogP contribution in [0.1, 0.15) is 36.2 Å². The Kier molecular flexibility index (Phi) is 2.86. The van der Waals surface area contributed by atoms with E-state index >= 15 is 0 Å². The van der Waals surface area contributed by atoms with Gasteiger partial charge in [0, 0.05) is 12.0 Å². The Hall–Kier alpha value is -1.51. The van der Waals surface area contributed by atoms with Crippen LogP contribution in [0, 0.1) is 0 Å². The van der Waals surface area contributed by atoms with Gasteiger partial charge in [-0.1, -0.05) is 0 Å². The molecular formula is C13H16O3. The molecule has 3 nitrogen and oxygen atoms in total. The second-order valence-electron chi connectivity index (χ2n) is 4.25. The van der Waals surface area contributed by atoms with Crippen LogP contribution >= 0.6 is 0 Å². The maximum Gasteiger partial charge on any atom is 0.163 e. The predicted molar refractivity (Wildman–Crippen MR) is 61.4 cm³/mol. The molecule has 2 rings (SSSR count). The minimum atomic E-state index is 0.101. The molecule has 1 aliphatic rings. The van der Waals surface area contributed by atoms with E-state index in [4.69, 9.17) is 9.47 Å². The molecular weight excluding hydrogens is 204 g/mol. The van der Waals surface area contributed by atoms with Crippen molar-refractivity contribution in [2.24, 2.45) is 0 Å². The molecule has 0 saturated heterocycles. The van der Waals surface area contributed by atoms with E-state index in [9.17, 15) is 4.79 Å². The van der Waals surface area contributed by atoms with Gasteiger partial charge < -0.3 is 9.47 Å². The number of Topliss-reactive ketones (excluding diaryl/α,β-unsaturated/α-hetero) is 1. The summed E-state index contributed by atoms with van der Waals surface area (Å²) >= 11 is 0. The van der Waals surface area contributed by atoms with Crippen molar-refractivity contribution < 1.29 is 14.3 Å². The Labute approximate surface area is 95.4 Å². The van der Waals surface area contributed by atoms with Crippen molar-refractivity contribution in [2.75, 3.05) is 7.11 Å². The smallest absolute Gasteiger partial charge is 0.163 e. The maximum atomic E-state index is 11.6. The van der Waals surface area contributed by atoms with E-state index in [0.717, 1.165) is 23.3 Å². The Morgan fingerprint density at radius 3 is 2.56 bits per heavy atom. The van der Waals surface area contributed by atoms with Gasteiger partial charge in [0.25, 0.3) is 0 Å². The highest BCUT2D eigenvalue weighted by Gasteiger charge is 2.22. The Morgan fingerprint density at radius 1 is 1.19 bits per heavy atom. The lowest BCUT2D eigenvalue weighted by Gasteiger charge is -2.14. The Balaban J connectivity index is 2.42. The number of carbonyl (C=O) groups excluding carboxylic acids is 1. The van der Waals surface area contributed by atoms with Crippen LogP contribution in [-0.4, -0.2) is 19.0 Å². The first-order valence-electron chi connectivity index (χ1n) is 5.52. The van der Waals surface area contributed by atoms with Crippen LogP contribution in [0.4, 0.5) is 0 Å². The first-order valence-corrected chi connectivity index (χ1v) is 5.52. The van der Waals surface area contributed by atoms with Crippen LogP contribution in [0.15, 0.2) is 12.1 Å². The topological polar surface area (TPSA) is 35.5 Å². The molecule has 0 fully saturated rings. The fraction of sp³-hybridized carbons (Fsp3) is 0.462. The standard InChI is InChI=1S/C13H16O3/c1-8(2)16-13-6-9-4-5-11(14)10(9)7-12(13)15-3/h6-8H,4-5H2,1-3H3. The van der Waals surface area contributed by atoms with E-state index in [1.165, 1.54) is 0 Å². The molecule has 0 aromatic heterocycles. The Bertz CT molecular complexity index is 421. The molecule has 0 heterocycles. The van der Waals surface area contributed by atoms with Crippen molar-refractivity contribution >= 4 is 5.78 Å². The van der Waals surface area contributed by atoms with Crippen LogP contribution < -0.4 is 9.47 Å². The largest absolute Gasteiger partial charge is 0.493 e. The van der Waals surface area contributed by atoms with Gasteiger partial charge in [0.2, 0.25) is 0 Å². The molecule has 0 spiro atoms. The number of hydrogen-bond acceptors (Lipinski definition) is 3. The van der Waals surface area contributed by atoms with E-state index in [2.05, 4.69) is 0 Å². The van der Waals surface area contributed by atoms with Gasteiger partial charge in [0.05, 0.1) is 13.2 Å². The predicted octanol–water partition coefficient (Wildman–Crippen LogP) is 2.61. The summed E-state index contributed by atoms with van der Waals surface area (Å²) in [5, 5.41) is 0. The highest BCUT2D eigenvalue weighted by Crippen LogP contribution is 2.35. The minimum absolute atomic E-state index is 0.101. The molecule has 1 aromatic carbocycles. The molecule has 3 heteroatoms. The zero-order chi connectivity index (χ0) is 11.7. The van der Waals surface area contributed by atoms with E-state index in [0.29, 0.717) is 12.2 Å². The van der Waals surface area contributed by atoms with Gasteiger partial charge in [-0.2, -0.15) is 0 Å². The van der Waals surface area contributed by atoms with Gasteiger partial charge in [-0.15, -0.1) is 0 Å². The molecule has 0 bridgehead atoms. The number of hydrogen-bond donors (Lipinski definition) is 0. The van der Waals surface area contributed by atoms with Crippen molar-refractivity contribution in [1.29, 1.82) is 0 Å². The van der Waals surface area contributed by atoms with Crippen molar-refractivity contribution in [1.82, 2.24) is 0 Å². The van der Waals surface area contributed by atoms with E-state index in [1.54, 1.807) is 13.2 Å². The van der Waals surface area contributed by atoms with Gasteiger partial charge in [-0.25, -0.2) is 0 Å². The molecule has 1 aromatic rings. The number of benzene rings is 1. The molecule has 86 valence electrons. The number of fused-ring (bicyclic) bond motifs is 1. The summed E-state index contributed by atoms with van der Waals surface area (Å²) in [6.07, 6.45) is 1.51. The fourth-order valence-corrected chi connectivity index (χ4v) is 1.96. The second-order valence-corrected chi connectivity index (χ2v) is 4.25. The van der Waals surface area contributed by atoms with Gasteiger partial charge >= 0.3 is 0 Å². The highest BCUT2D eigenvalue weighted by atomic mass is 16.5. The highest BCUT2D eigenvalue weighted by molar-refractivity contribution is 6.01. The summed E-state index contributed by atoms with van der Waals surface area (Å²) in [7, 11) is 1.59. The molecule has 0 radical (unpaired) electrons. The molecule has 0 N–H and O–H groups in total. The second kappa shape index (κ2) is 4.16. The molecule has 1 aliphatic carbocycles. The summed E-state index contributed by atoms with van der Waals surface area (Å²) in [6, 6.07) is 3.72. The summed E-state index contributed by atoms with van der Waals surface area (Å²) in [6.45, 7) is 3.94. The van der Waals surface area contributed by atoms with Gasteiger partial charge in [-0.05, 0) is 38.0 Å². The van der Waals surface area contributed by atoms with Crippen molar-refractivity contribution in [3.8, 4) is 11.5 Å². The van der Waals surface area contributed by atoms with E-state index in [-0.39, 0.29) is 11.9 Å². The molecule has 16 heavy (non-hydrogen) atoms. The number of aryl methyl sites for hydroxylation is 1. The van der Waals surface area contributed by atoms with Crippen LogP contribution in [0.3, 0.4) is 0 Å². The van der Waals surface area contributed by atoms with Gasteiger partial charge in [-0.3, -0.25) is 4.79 Å². The van der Waals surface area contributed by atoms with Crippen LogP contribution in [0.25, 0.3) is 0 Å². The quantitative estimate of drug-likeness (QED) is 0.785. The SMILES string of the molecule is COc1cc2c(cc1OC(C)C)CCC2=O. The number of ether oxygens (including phenoxy) is 2. The number of ketones is 1. The third kappa shape index (κ3) is 1.90. The summed E-state index contributed by atoms with van der Waals surface area (Å²) < 4.78 is 10.9. The average molecular weight is 220 g/mol. The number of methoxy groups -OCH3 is 1. The monoisotopic (exact) mass is 220 g/mol. The lowest BCUT2D eigenvalue weighted by atomic mass is 10.1. The third-order valence-corrected chi connectivity index (χ3v) is 2.67. The Morgan fingerprint density at radius 2 is 1.94 bits per heavy atom. The van der Waals surface area contributed by atoms with Gasteiger partial charge in [0.15, 0.2) is 17.3 Å². The number of carbonyl (C=O) groups is 1. The van der Waals surface area contributed by atoms with E-state index in [1.807, 2.05) is 19.9 Å². The van der Waals surface area contributed by atoms with E-state index < -0.39 is 0 Å². The summed E-state index contributed by atoms with van der Waals surface area (Å²) in [5.74, 6) is 1.57. The lowest BCUT2D eigenvalue weighted by molar-refractivity contribution is 0.0994. The van der Waals surface area contributed by atoms with Gasteiger partial charge in [0.1, 0.15) is 0 Å². The van der Waals surface area contributed by atoms with Crippen LogP contribution in [0.2, 0.25) is 0 Å². The van der Waals surface area contributed by atoms with Crippen molar-refractivity contribution in [3.63, 3.8) is 0 Å². The normalized spacial score (nSPS) is 14.1. The molecule has 0 aliphatic heterocycles. The first-order chi connectivity index (χ1) is 7.61. The third-order valence-electron chi connectivity index (χ3n) is 2.67. The maximum absolute atomic E-state index is 11.6. The molecule has 0 unspecified atom stereocenters. The zero-order valence-electron chi connectivity index (χ0n) is 9.87. The lowest BCUT2D eigenvalue weighted by Crippen LogP contribution is -2.07. The average Bonchev–Trinajstić information content (AvgIpc) is 2.58. The van der Waals surface area contributed by atoms with Crippen LogP contribution in [0.5, 0.6) is 11.5 Å². The zero-order valence-corrected chi connectivity index (χ0v) is 9.87. The summed E-state index contributed by atoms with van der Waals surface area (Å²) in [4.78, 5) is 11.6. The molecule has 0 atom stereocenters. The molecule has 0 amide bonds. The van der Waals surface area contributed by atoms with Crippen molar-refractivity contribution in [3.05, 3.63) is 23.3 Å². The fourth-order valence-electron chi connectivity index (χ4n) is 1.96. The first kappa shape index (κ1) is 11.0.